The Labute approximate surface area is 189 Å². The second kappa shape index (κ2) is 10.8. The summed E-state index contributed by atoms with van der Waals surface area (Å²) in [7, 11) is 2.19. The second-order valence-electron chi connectivity index (χ2n) is 9.34. The van der Waals surface area contributed by atoms with Crippen LogP contribution >= 0.6 is 0 Å². The Hall–Kier alpha value is -2.33. The number of hydrogen-bond donors (Lipinski definition) is 0. The zero-order chi connectivity index (χ0) is 22.4. The average molecular weight is 421 g/mol. The number of allylic oxidation sites excluding steroid dienone is 4. The number of likely N-dealkylation sites (N-methyl/N-ethyl adjacent to an activating group) is 1. The van der Waals surface area contributed by atoms with Crippen LogP contribution in [0.1, 0.15) is 45.7 Å². The Balaban J connectivity index is 0.000000254. The summed E-state index contributed by atoms with van der Waals surface area (Å²) in [5.74, 6) is 1.83. The van der Waals surface area contributed by atoms with Gasteiger partial charge in [0.15, 0.2) is 0 Å². The Kier molecular flexibility index (Phi) is 8.14. The van der Waals surface area contributed by atoms with E-state index in [1.807, 2.05) is 0 Å². The van der Waals surface area contributed by atoms with Gasteiger partial charge in [0, 0.05) is 32.7 Å². The lowest BCUT2D eigenvalue weighted by molar-refractivity contribution is 0.360. The Morgan fingerprint density at radius 3 is 2.55 bits per heavy atom. The predicted molar refractivity (Wildman–Crippen MR) is 134 cm³/mol. The van der Waals surface area contributed by atoms with Gasteiger partial charge < -0.3 is 14.7 Å². The molecule has 0 radical (unpaired) electrons. The lowest BCUT2D eigenvalue weighted by Gasteiger charge is -2.24. The SMILES string of the molecule is C=C1CCN(C(=C)c2cccc(N3CCCN(C)CC3)n2)C1.CC1=CCC(C)C=C1C. The van der Waals surface area contributed by atoms with Crippen molar-refractivity contribution in [2.24, 2.45) is 5.92 Å². The molecule has 1 unspecified atom stereocenters. The van der Waals surface area contributed by atoms with E-state index in [9.17, 15) is 0 Å². The molecule has 0 spiro atoms. The van der Waals surface area contributed by atoms with Crippen molar-refractivity contribution < 1.29 is 0 Å². The van der Waals surface area contributed by atoms with Crippen LogP contribution in [0.2, 0.25) is 0 Å². The molecule has 0 N–H and O–H groups in total. The van der Waals surface area contributed by atoms with E-state index in [-0.39, 0.29) is 0 Å². The number of nitrogens with zero attached hydrogens (tertiary/aromatic N) is 4. The summed E-state index contributed by atoms with van der Waals surface area (Å²) in [5.41, 5.74) is 6.20. The Morgan fingerprint density at radius 2 is 1.87 bits per heavy atom. The van der Waals surface area contributed by atoms with Crippen LogP contribution in [-0.2, 0) is 0 Å². The largest absolute Gasteiger partial charge is 0.366 e. The van der Waals surface area contributed by atoms with Gasteiger partial charge in [0.1, 0.15) is 5.82 Å². The molecule has 4 rings (SSSR count). The zero-order valence-electron chi connectivity index (χ0n) is 20.0. The van der Waals surface area contributed by atoms with Crippen LogP contribution < -0.4 is 4.90 Å². The summed E-state index contributed by atoms with van der Waals surface area (Å²) in [6.45, 7) is 21.3. The molecule has 2 saturated heterocycles. The number of anilines is 1. The van der Waals surface area contributed by atoms with Crippen molar-refractivity contribution in [3.8, 4) is 0 Å². The normalized spacial score (nSPS) is 22.3. The molecule has 31 heavy (non-hydrogen) atoms. The first-order valence-electron chi connectivity index (χ1n) is 11.7. The molecule has 1 aliphatic carbocycles. The molecule has 2 aliphatic heterocycles. The molecule has 4 heteroatoms. The maximum absolute atomic E-state index is 4.87. The quantitative estimate of drug-likeness (QED) is 0.613. The van der Waals surface area contributed by atoms with E-state index in [0.29, 0.717) is 0 Å². The predicted octanol–water partition coefficient (Wildman–Crippen LogP) is 5.37. The lowest BCUT2D eigenvalue weighted by Crippen LogP contribution is -2.29. The molecule has 3 aliphatic rings. The second-order valence-corrected chi connectivity index (χ2v) is 9.34. The molecular weight excluding hydrogens is 380 g/mol. The molecule has 0 bridgehead atoms. The van der Waals surface area contributed by atoms with E-state index in [0.717, 1.165) is 62.3 Å². The maximum atomic E-state index is 4.87. The van der Waals surface area contributed by atoms with Crippen molar-refractivity contribution in [1.29, 1.82) is 0 Å². The van der Waals surface area contributed by atoms with Crippen LogP contribution in [0.25, 0.3) is 5.70 Å². The highest BCUT2D eigenvalue weighted by Gasteiger charge is 2.19. The molecule has 2 fully saturated rings. The molecule has 0 amide bonds. The van der Waals surface area contributed by atoms with Crippen LogP contribution in [0.3, 0.4) is 0 Å². The summed E-state index contributed by atoms with van der Waals surface area (Å²) >= 11 is 0. The molecule has 0 aromatic carbocycles. The number of hydrogen-bond acceptors (Lipinski definition) is 4. The fourth-order valence-corrected chi connectivity index (χ4v) is 4.30. The van der Waals surface area contributed by atoms with Crippen molar-refractivity contribution in [3.63, 3.8) is 0 Å². The zero-order valence-corrected chi connectivity index (χ0v) is 20.0. The third-order valence-corrected chi connectivity index (χ3v) is 6.56. The van der Waals surface area contributed by atoms with Gasteiger partial charge in [-0.3, -0.25) is 0 Å². The Bertz CT molecular complexity index is 851. The van der Waals surface area contributed by atoms with Gasteiger partial charge in [0.05, 0.1) is 11.4 Å². The standard InChI is InChI=1S/C18H26N4.C9H14/c1-15-8-11-22(14-15)16(2)17-6-4-7-18(19-17)21-10-5-9-20(3)12-13-21;1-7-4-5-8(2)9(3)6-7/h4,6-7H,1-2,5,8-14H2,3H3;5-7H,4H2,1-3H3. The molecule has 1 aromatic rings. The van der Waals surface area contributed by atoms with Gasteiger partial charge in [-0.2, -0.15) is 0 Å². The summed E-state index contributed by atoms with van der Waals surface area (Å²) < 4.78 is 0. The first-order valence-corrected chi connectivity index (χ1v) is 11.7. The van der Waals surface area contributed by atoms with Crippen LogP contribution in [0.5, 0.6) is 0 Å². The van der Waals surface area contributed by atoms with Crippen molar-refractivity contribution in [2.45, 2.75) is 40.0 Å². The van der Waals surface area contributed by atoms with Crippen molar-refractivity contribution in [3.05, 3.63) is 65.9 Å². The molecule has 168 valence electrons. The highest BCUT2D eigenvalue weighted by atomic mass is 15.2. The maximum Gasteiger partial charge on any atom is 0.129 e. The van der Waals surface area contributed by atoms with E-state index in [1.54, 1.807) is 0 Å². The summed E-state index contributed by atoms with van der Waals surface area (Å²) in [6, 6.07) is 6.28. The molecule has 3 heterocycles. The first-order chi connectivity index (χ1) is 14.8. The van der Waals surface area contributed by atoms with Gasteiger partial charge in [-0.15, -0.1) is 0 Å². The fourth-order valence-electron chi connectivity index (χ4n) is 4.30. The van der Waals surface area contributed by atoms with Crippen LogP contribution in [0, 0.1) is 5.92 Å². The third-order valence-electron chi connectivity index (χ3n) is 6.56. The fraction of sp³-hybridized carbons (Fsp3) is 0.519. The molecule has 1 atom stereocenters. The van der Waals surface area contributed by atoms with Gasteiger partial charge in [-0.05, 0) is 64.8 Å². The summed E-state index contributed by atoms with van der Waals surface area (Å²) in [5, 5.41) is 0. The van der Waals surface area contributed by atoms with Crippen LogP contribution in [-0.4, -0.2) is 61.1 Å². The van der Waals surface area contributed by atoms with E-state index < -0.39 is 0 Å². The Morgan fingerprint density at radius 1 is 1.06 bits per heavy atom. The van der Waals surface area contributed by atoms with E-state index in [2.05, 4.69) is 86.0 Å². The molecular formula is C27H40N4. The van der Waals surface area contributed by atoms with Crippen LogP contribution in [0.4, 0.5) is 5.82 Å². The number of likely N-dealkylation sites (tertiary alicyclic amines) is 1. The van der Waals surface area contributed by atoms with Gasteiger partial charge in [-0.1, -0.05) is 55.0 Å². The van der Waals surface area contributed by atoms with E-state index in [4.69, 9.17) is 4.98 Å². The van der Waals surface area contributed by atoms with Crippen molar-refractivity contribution in [1.82, 2.24) is 14.8 Å². The van der Waals surface area contributed by atoms with E-state index >= 15 is 0 Å². The van der Waals surface area contributed by atoms with Crippen molar-refractivity contribution in [2.75, 3.05) is 51.2 Å². The highest BCUT2D eigenvalue weighted by molar-refractivity contribution is 5.61. The molecule has 0 saturated carbocycles. The van der Waals surface area contributed by atoms with Gasteiger partial charge in [0.2, 0.25) is 0 Å². The minimum atomic E-state index is 0.758. The summed E-state index contributed by atoms with van der Waals surface area (Å²) in [6.07, 6.45) is 8.14. The number of aromatic nitrogens is 1. The number of rotatable bonds is 3. The van der Waals surface area contributed by atoms with Crippen molar-refractivity contribution >= 4 is 11.5 Å². The highest BCUT2D eigenvalue weighted by Crippen LogP contribution is 2.25. The minimum Gasteiger partial charge on any atom is -0.366 e. The van der Waals surface area contributed by atoms with Gasteiger partial charge >= 0.3 is 0 Å². The molecule has 4 nitrogen and oxygen atoms in total. The first kappa shape index (κ1) is 23.3. The van der Waals surface area contributed by atoms with Crippen LogP contribution in [0.15, 0.2) is 60.2 Å². The average Bonchev–Trinajstić information content (AvgIpc) is 3.07. The third kappa shape index (κ3) is 6.57. The minimum absolute atomic E-state index is 0.758. The molecule has 1 aromatic heterocycles. The smallest absolute Gasteiger partial charge is 0.129 e. The van der Waals surface area contributed by atoms with Gasteiger partial charge in [-0.25, -0.2) is 4.98 Å². The van der Waals surface area contributed by atoms with E-state index in [1.165, 1.54) is 36.1 Å². The monoisotopic (exact) mass is 420 g/mol. The lowest BCUT2D eigenvalue weighted by atomic mass is 9.94. The summed E-state index contributed by atoms with van der Waals surface area (Å²) in [4.78, 5) is 11.9. The topological polar surface area (TPSA) is 22.6 Å². The van der Waals surface area contributed by atoms with Gasteiger partial charge in [0.25, 0.3) is 0 Å². The number of pyridine rings is 1.